The number of fused-ring (bicyclic) bond motifs is 1. The number of nitrogens with one attached hydrogen (secondary N) is 1. The number of hydrogen-bond donors (Lipinski definition) is 1. The number of nitrogens with zero attached hydrogens (tertiary/aromatic N) is 5. The maximum absolute atomic E-state index is 14.1. The molecule has 39 heavy (non-hydrogen) atoms. The van der Waals surface area contributed by atoms with Gasteiger partial charge in [0.25, 0.3) is 5.91 Å². The Hall–Kier alpha value is -4.15. The van der Waals surface area contributed by atoms with Crippen molar-refractivity contribution in [2.75, 3.05) is 13.7 Å². The number of aryl methyl sites for hydroxylation is 1. The number of aliphatic imine (C=N–C) groups is 1. The van der Waals surface area contributed by atoms with Crippen molar-refractivity contribution in [3.63, 3.8) is 0 Å². The lowest BCUT2D eigenvalue weighted by molar-refractivity contribution is -0.141. The van der Waals surface area contributed by atoms with E-state index in [0.717, 1.165) is 0 Å². The zero-order valence-electron chi connectivity index (χ0n) is 22.3. The lowest BCUT2D eigenvalue weighted by Crippen LogP contribution is -2.44. The molecule has 2 aromatic heterocycles. The van der Waals surface area contributed by atoms with Crippen LogP contribution in [-0.2, 0) is 30.3 Å². The number of imidazole rings is 1. The molecule has 1 N–H and O–H groups in total. The molecule has 3 aromatic rings. The molecule has 0 saturated carbocycles. The van der Waals surface area contributed by atoms with Gasteiger partial charge in [0.2, 0.25) is 0 Å². The van der Waals surface area contributed by atoms with E-state index in [1.54, 1.807) is 48.5 Å². The average Bonchev–Trinajstić information content (AvgIpc) is 3.59. The largest absolute Gasteiger partial charge is 0.497 e. The second kappa shape index (κ2) is 11.3. The number of carbonyl (C=O) groups excluding carboxylic acids is 1. The van der Waals surface area contributed by atoms with Crippen LogP contribution in [0.3, 0.4) is 0 Å². The Balaban J connectivity index is 1.85. The fourth-order valence-electron chi connectivity index (χ4n) is 4.83. The molecule has 1 amide bonds. The quantitative estimate of drug-likeness (QED) is 0.223. The van der Waals surface area contributed by atoms with Crippen molar-refractivity contribution >= 4 is 12.6 Å². The zero-order valence-corrected chi connectivity index (χ0v) is 22.3. The molecule has 0 saturated heterocycles. The first kappa shape index (κ1) is 27.9. The highest BCUT2D eigenvalue weighted by Gasteiger charge is 2.39. The molecule has 0 radical (unpaired) electrons. The first-order chi connectivity index (χ1) is 18.6. The SMILES string of the molecule is C=N/C(=C\C(=C/C)OC)[C@H](C)N1CCc2c(cc(Cc3ncc[nH]3)cc2-c2cn(CC)nc2C(F)(F)F)C1=O. The minimum Gasteiger partial charge on any atom is -0.497 e. The first-order valence-corrected chi connectivity index (χ1v) is 12.6. The molecule has 0 fully saturated rings. The van der Waals surface area contributed by atoms with Crippen LogP contribution in [0.4, 0.5) is 13.2 Å². The fourth-order valence-corrected chi connectivity index (χ4v) is 4.83. The predicted molar refractivity (Wildman–Crippen MR) is 142 cm³/mol. The van der Waals surface area contributed by atoms with E-state index in [1.807, 2.05) is 13.8 Å². The molecule has 0 unspecified atom stereocenters. The number of allylic oxidation sites excluding steroid dienone is 2. The van der Waals surface area contributed by atoms with E-state index in [0.29, 0.717) is 58.9 Å². The standard InChI is InChI=1S/C28H31F3N6O2/c1-6-19(39-5)15-24(32-4)17(3)37-11-8-20-21(23-16-36(7-2)35-26(23)28(29,30)31)12-18(13-22(20)27(37)38)14-25-33-9-10-34-25/h6,9-10,12-13,15-17H,4,7-8,11,14H2,1-3,5H3,(H,33,34)/b19-6+,24-15-/t17-/m0/s1. The van der Waals surface area contributed by atoms with E-state index in [9.17, 15) is 18.0 Å². The number of rotatable bonds is 9. The van der Waals surface area contributed by atoms with Crippen molar-refractivity contribution in [1.82, 2.24) is 24.6 Å². The highest BCUT2D eigenvalue weighted by atomic mass is 19.4. The van der Waals surface area contributed by atoms with Crippen LogP contribution in [0.25, 0.3) is 11.1 Å². The summed E-state index contributed by atoms with van der Waals surface area (Å²) in [6.07, 6.45) is 4.19. The van der Waals surface area contributed by atoms with E-state index < -0.39 is 17.9 Å². The average molecular weight is 541 g/mol. The van der Waals surface area contributed by atoms with Gasteiger partial charge in [-0.25, -0.2) is 4.98 Å². The third-order valence-corrected chi connectivity index (χ3v) is 6.86. The molecule has 8 nitrogen and oxygen atoms in total. The molecule has 0 spiro atoms. The van der Waals surface area contributed by atoms with Crippen LogP contribution in [0.2, 0.25) is 0 Å². The monoisotopic (exact) mass is 540 g/mol. The number of hydrogen-bond acceptors (Lipinski definition) is 5. The van der Waals surface area contributed by atoms with E-state index in [-0.39, 0.29) is 18.0 Å². The van der Waals surface area contributed by atoms with Crippen LogP contribution in [0, 0.1) is 0 Å². The number of amides is 1. The summed E-state index contributed by atoms with van der Waals surface area (Å²) in [5.41, 5.74) is 1.47. The van der Waals surface area contributed by atoms with Crippen molar-refractivity contribution < 1.29 is 22.7 Å². The number of halogens is 3. The van der Waals surface area contributed by atoms with Crippen molar-refractivity contribution in [1.29, 1.82) is 0 Å². The number of alkyl halides is 3. The summed E-state index contributed by atoms with van der Waals surface area (Å²) in [4.78, 5) is 27.0. The van der Waals surface area contributed by atoms with Gasteiger partial charge in [0.1, 0.15) is 11.6 Å². The second-order valence-corrected chi connectivity index (χ2v) is 9.17. The molecule has 1 aromatic carbocycles. The number of methoxy groups -OCH3 is 1. The molecular weight excluding hydrogens is 509 g/mol. The summed E-state index contributed by atoms with van der Waals surface area (Å²) >= 11 is 0. The summed E-state index contributed by atoms with van der Waals surface area (Å²) in [5, 5.41) is 3.80. The van der Waals surface area contributed by atoms with Gasteiger partial charge in [0, 0.05) is 55.3 Å². The Morgan fingerprint density at radius 1 is 1.31 bits per heavy atom. The lowest BCUT2D eigenvalue weighted by Gasteiger charge is -2.35. The van der Waals surface area contributed by atoms with Gasteiger partial charge in [-0.3, -0.25) is 14.5 Å². The van der Waals surface area contributed by atoms with Crippen molar-refractivity contribution in [2.45, 2.75) is 52.4 Å². The lowest BCUT2D eigenvalue weighted by atomic mass is 9.87. The molecule has 1 aliphatic rings. The number of aromatic nitrogens is 4. The predicted octanol–water partition coefficient (Wildman–Crippen LogP) is 5.42. The minimum absolute atomic E-state index is 0.0395. The normalized spacial score (nSPS) is 15.4. The summed E-state index contributed by atoms with van der Waals surface area (Å²) in [7, 11) is 1.54. The van der Waals surface area contributed by atoms with E-state index in [2.05, 4.69) is 26.8 Å². The molecule has 206 valence electrons. The maximum atomic E-state index is 14.1. The fraction of sp³-hybridized carbons (Fsp3) is 0.357. The van der Waals surface area contributed by atoms with Crippen LogP contribution in [-0.4, -0.2) is 57.0 Å². The highest BCUT2D eigenvalue weighted by Crippen LogP contribution is 2.40. The highest BCUT2D eigenvalue weighted by molar-refractivity contribution is 5.99. The van der Waals surface area contributed by atoms with Gasteiger partial charge in [-0.05, 0) is 62.7 Å². The van der Waals surface area contributed by atoms with Gasteiger partial charge in [-0.1, -0.05) is 6.07 Å². The Morgan fingerprint density at radius 3 is 2.64 bits per heavy atom. The molecule has 3 heterocycles. The number of aromatic amines is 1. The number of H-pyrrole nitrogens is 1. The maximum Gasteiger partial charge on any atom is 0.435 e. The van der Waals surface area contributed by atoms with Gasteiger partial charge in [0.05, 0.1) is 18.8 Å². The van der Waals surface area contributed by atoms with Crippen molar-refractivity contribution in [2.24, 2.45) is 4.99 Å². The van der Waals surface area contributed by atoms with E-state index in [1.165, 1.54) is 18.0 Å². The molecule has 4 rings (SSSR count). The summed E-state index contributed by atoms with van der Waals surface area (Å²) < 4.78 is 48.7. The smallest absolute Gasteiger partial charge is 0.435 e. The van der Waals surface area contributed by atoms with Crippen LogP contribution >= 0.6 is 0 Å². The molecule has 0 aliphatic carbocycles. The number of carbonyl (C=O) groups is 1. The third-order valence-electron chi connectivity index (χ3n) is 6.86. The van der Waals surface area contributed by atoms with Gasteiger partial charge in [-0.2, -0.15) is 18.3 Å². The summed E-state index contributed by atoms with van der Waals surface area (Å²) in [6.45, 7) is 9.62. The Kier molecular flexibility index (Phi) is 8.08. The van der Waals surface area contributed by atoms with Crippen LogP contribution < -0.4 is 0 Å². The van der Waals surface area contributed by atoms with Crippen molar-refractivity contribution in [3.05, 3.63) is 82.5 Å². The van der Waals surface area contributed by atoms with E-state index >= 15 is 0 Å². The van der Waals surface area contributed by atoms with Crippen LogP contribution in [0.5, 0.6) is 0 Å². The number of benzene rings is 1. The van der Waals surface area contributed by atoms with Gasteiger partial charge < -0.3 is 14.6 Å². The van der Waals surface area contributed by atoms with E-state index in [4.69, 9.17) is 4.74 Å². The molecule has 1 atom stereocenters. The minimum atomic E-state index is -4.65. The van der Waals surface area contributed by atoms with Gasteiger partial charge >= 0.3 is 6.18 Å². The summed E-state index contributed by atoms with van der Waals surface area (Å²) in [6, 6.07) is 3.02. The number of ether oxygens (including phenoxy) is 1. The Labute approximate surface area is 224 Å². The third kappa shape index (κ3) is 5.67. The van der Waals surface area contributed by atoms with Gasteiger partial charge in [0.15, 0.2) is 5.69 Å². The topological polar surface area (TPSA) is 88.4 Å². The molecule has 11 heteroatoms. The zero-order chi connectivity index (χ0) is 28.3. The van der Waals surface area contributed by atoms with Gasteiger partial charge in [-0.15, -0.1) is 0 Å². The molecule has 0 bridgehead atoms. The van der Waals surface area contributed by atoms with Crippen LogP contribution in [0.1, 0.15) is 53.8 Å². The second-order valence-electron chi connectivity index (χ2n) is 9.17. The Bertz CT molecular complexity index is 1420. The molecule has 1 aliphatic heterocycles. The van der Waals surface area contributed by atoms with Crippen molar-refractivity contribution in [3.8, 4) is 11.1 Å². The Morgan fingerprint density at radius 2 is 2.05 bits per heavy atom. The van der Waals surface area contributed by atoms with Crippen LogP contribution in [0.15, 0.2) is 59.3 Å². The first-order valence-electron chi connectivity index (χ1n) is 12.6. The summed E-state index contributed by atoms with van der Waals surface area (Å²) in [5.74, 6) is 0.913. The molecular formula is C28H31F3N6O2.